The van der Waals surface area contributed by atoms with Crippen molar-refractivity contribution in [3.05, 3.63) is 30.4 Å². The number of hydrogen-bond donors (Lipinski definition) is 1. The van der Waals surface area contributed by atoms with Crippen LogP contribution in [0, 0.1) is 0 Å². The van der Waals surface area contributed by atoms with E-state index in [9.17, 15) is 4.79 Å². The maximum Gasteiger partial charge on any atom is 0.244 e. The molecule has 0 aliphatic rings. The highest BCUT2D eigenvalue weighted by molar-refractivity contribution is 6.66. The van der Waals surface area contributed by atoms with Gasteiger partial charge in [-0.2, -0.15) is 0 Å². The highest BCUT2D eigenvalue weighted by atomic mass is 35.5. The Morgan fingerprint density at radius 1 is 1.82 bits per heavy atom. The molecule has 0 aliphatic carbocycles. The average molecular weight is 171 g/mol. The maximum atomic E-state index is 10.2. The molecule has 0 fully saturated rings. The molecule has 0 bridgehead atoms. The zero-order valence-corrected chi connectivity index (χ0v) is 6.51. The quantitative estimate of drug-likeness (QED) is 0.549. The van der Waals surface area contributed by atoms with Crippen LogP contribution in [-0.2, 0) is 11.2 Å². The number of H-pyrrole nitrogens is 1. The van der Waals surface area contributed by atoms with Gasteiger partial charge in [0.05, 0.1) is 6.33 Å². The van der Waals surface area contributed by atoms with Crippen molar-refractivity contribution in [3.63, 3.8) is 0 Å². The average Bonchev–Trinajstić information content (AvgIpc) is 2.39. The fraction of sp³-hybridized carbons (Fsp3) is 0.143. The molecule has 0 unspecified atom stereocenters. The third-order valence-corrected chi connectivity index (χ3v) is 1.27. The molecule has 0 radical (unpaired) electrons. The van der Waals surface area contributed by atoms with Gasteiger partial charge in [-0.15, -0.1) is 0 Å². The van der Waals surface area contributed by atoms with E-state index in [0.29, 0.717) is 6.42 Å². The van der Waals surface area contributed by atoms with Crippen molar-refractivity contribution in [1.82, 2.24) is 9.97 Å². The Hall–Kier alpha value is -1.09. The summed E-state index contributed by atoms with van der Waals surface area (Å²) in [6.45, 7) is 0. The Bertz CT molecular complexity index is 253. The lowest BCUT2D eigenvalue weighted by atomic mass is 10.3. The largest absolute Gasteiger partial charge is 0.348 e. The molecule has 4 heteroatoms. The van der Waals surface area contributed by atoms with Crippen LogP contribution >= 0.6 is 11.6 Å². The second-order valence-electron chi connectivity index (χ2n) is 1.99. The second kappa shape index (κ2) is 3.93. The summed E-state index contributed by atoms with van der Waals surface area (Å²) < 4.78 is 0. The molecule has 11 heavy (non-hydrogen) atoms. The first kappa shape index (κ1) is 8.01. The molecular weight excluding hydrogens is 164 g/mol. The molecule has 0 spiro atoms. The monoisotopic (exact) mass is 170 g/mol. The lowest BCUT2D eigenvalue weighted by Gasteiger charge is -1.84. The summed E-state index contributed by atoms with van der Waals surface area (Å²) in [6, 6.07) is 0. The fourth-order valence-electron chi connectivity index (χ4n) is 0.675. The van der Waals surface area contributed by atoms with Crippen LogP contribution in [0.2, 0.25) is 0 Å². The zero-order chi connectivity index (χ0) is 8.10. The number of imidazole rings is 1. The molecule has 0 aliphatic heterocycles. The second-order valence-corrected chi connectivity index (χ2v) is 2.36. The number of allylic oxidation sites excluding steroid dienone is 2. The molecule has 0 saturated heterocycles. The van der Waals surface area contributed by atoms with Crippen molar-refractivity contribution in [1.29, 1.82) is 0 Å². The van der Waals surface area contributed by atoms with Gasteiger partial charge >= 0.3 is 0 Å². The minimum atomic E-state index is -0.454. The molecule has 1 aromatic rings. The Morgan fingerprint density at radius 2 is 2.64 bits per heavy atom. The van der Waals surface area contributed by atoms with Gasteiger partial charge in [0.15, 0.2) is 0 Å². The van der Waals surface area contributed by atoms with Crippen LogP contribution in [0.15, 0.2) is 24.7 Å². The topological polar surface area (TPSA) is 45.8 Å². The summed E-state index contributed by atoms with van der Waals surface area (Å²) in [7, 11) is 0. The molecule has 0 amide bonds. The standard InChI is InChI=1S/C7H7ClN2O/c8-7(11)3-1-2-6-4-9-5-10-6/h1,3-5H,2H2,(H,9,10). The van der Waals surface area contributed by atoms with Gasteiger partial charge in [-0.25, -0.2) is 4.98 Å². The number of nitrogens with one attached hydrogen (secondary N) is 1. The Kier molecular flexibility index (Phi) is 2.86. The lowest BCUT2D eigenvalue weighted by Crippen LogP contribution is -1.81. The van der Waals surface area contributed by atoms with Crippen LogP contribution in [0.5, 0.6) is 0 Å². The van der Waals surface area contributed by atoms with Crippen LogP contribution in [0.1, 0.15) is 5.69 Å². The first-order valence-corrected chi connectivity index (χ1v) is 3.50. The van der Waals surface area contributed by atoms with E-state index < -0.39 is 5.24 Å². The minimum absolute atomic E-state index is 0.454. The summed E-state index contributed by atoms with van der Waals surface area (Å²) in [6.07, 6.45) is 6.94. The van der Waals surface area contributed by atoms with Crippen molar-refractivity contribution in [2.45, 2.75) is 6.42 Å². The van der Waals surface area contributed by atoms with Crippen molar-refractivity contribution >= 4 is 16.8 Å². The van der Waals surface area contributed by atoms with E-state index in [-0.39, 0.29) is 0 Å². The smallest absolute Gasteiger partial charge is 0.244 e. The van der Waals surface area contributed by atoms with Gasteiger partial charge in [-0.1, -0.05) is 6.08 Å². The summed E-state index contributed by atoms with van der Waals surface area (Å²) in [5.74, 6) is 0. The third-order valence-electron chi connectivity index (χ3n) is 1.14. The van der Waals surface area contributed by atoms with Gasteiger partial charge in [0, 0.05) is 18.3 Å². The highest BCUT2D eigenvalue weighted by Crippen LogP contribution is 1.94. The van der Waals surface area contributed by atoms with E-state index in [4.69, 9.17) is 11.6 Å². The van der Waals surface area contributed by atoms with Crippen LogP contribution in [0.25, 0.3) is 0 Å². The number of aromatic amines is 1. The number of nitrogens with zero attached hydrogens (tertiary/aromatic N) is 1. The third kappa shape index (κ3) is 3.00. The van der Waals surface area contributed by atoms with E-state index >= 15 is 0 Å². The van der Waals surface area contributed by atoms with Gasteiger partial charge in [0.25, 0.3) is 0 Å². The number of aromatic nitrogens is 2. The van der Waals surface area contributed by atoms with E-state index in [2.05, 4.69) is 9.97 Å². The summed E-state index contributed by atoms with van der Waals surface area (Å²) in [4.78, 5) is 16.9. The van der Waals surface area contributed by atoms with Gasteiger partial charge in [0.1, 0.15) is 0 Å². The first-order valence-electron chi connectivity index (χ1n) is 3.12. The van der Waals surface area contributed by atoms with E-state index in [1.54, 1.807) is 18.6 Å². The number of carbonyl (C=O) groups excluding carboxylic acids is 1. The SMILES string of the molecule is O=C(Cl)C=CCc1cnc[nH]1. The summed E-state index contributed by atoms with van der Waals surface area (Å²) in [5, 5.41) is -0.454. The molecule has 0 saturated carbocycles. The van der Waals surface area contributed by atoms with Gasteiger partial charge in [0.2, 0.25) is 5.24 Å². The lowest BCUT2D eigenvalue weighted by molar-refractivity contribution is -0.107. The normalized spacial score (nSPS) is 10.6. The highest BCUT2D eigenvalue weighted by Gasteiger charge is 1.89. The predicted molar refractivity (Wildman–Crippen MR) is 42.3 cm³/mol. The van der Waals surface area contributed by atoms with E-state index in [0.717, 1.165) is 5.69 Å². The number of hydrogen-bond acceptors (Lipinski definition) is 2. The Labute approximate surface area is 69.1 Å². The van der Waals surface area contributed by atoms with Crippen LogP contribution < -0.4 is 0 Å². The van der Waals surface area contributed by atoms with Gasteiger partial charge in [-0.3, -0.25) is 4.79 Å². The molecule has 0 atom stereocenters. The van der Waals surface area contributed by atoms with Crippen molar-refractivity contribution in [2.75, 3.05) is 0 Å². The van der Waals surface area contributed by atoms with Crippen LogP contribution in [-0.4, -0.2) is 15.2 Å². The van der Waals surface area contributed by atoms with E-state index in [1.165, 1.54) is 6.08 Å². The molecular formula is C7H7ClN2O. The van der Waals surface area contributed by atoms with Crippen LogP contribution in [0.3, 0.4) is 0 Å². The molecule has 1 rings (SSSR count). The fourth-order valence-corrected chi connectivity index (χ4v) is 0.764. The molecule has 1 N–H and O–H groups in total. The summed E-state index contributed by atoms with van der Waals surface area (Å²) >= 11 is 5.07. The molecule has 58 valence electrons. The van der Waals surface area contributed by atoms with Gasteiger partial charge in [-0.05, 0) is 17.7 Å². The molecule has 1 aromatic heterocycles. The zero-order valence-electron chi connectivity index (χ0n) is 5.75. The van der Waals surface area contributed by atoms with Crippen LogP contribution in [0.4, 0.5) is 0 Å². The predicted octanol–water partition coefficient (Wildman–Crippen LogP) is 1.27. The van der Waals surface area contributed by atoms with Crippen molar-refractivity contribution in [2.24, 2.45) is 0 Å². The van der Waals surface area contributed by atoms with Crippen molar-refractivity contribution < 1.29 is 4.79 Å². The molecule has 1 heterocycles. The molecule has 3 nitrogen and oxygen atoms in total. The molecule has 0 aromatic carbocycles. The number of halogens is 1. The van der Waals surface area contributed by atoms with Crippen molar-refractivity contribution in [3.8, 4) is 0 Å². The van der Waals surface area contributed by atoms with E-state index in [1.807, 2.05) is 0 Å². The minimum Gasteiger partial charge on any atom is -0.348 e. The van der Waals surface area contributed by atoms with Gasteiger partial charge < -0.3 is 4.98 Å². The summed E-state index contributed by atoms with van der Waals surface area (Å²) in [5.41, 5.74) is 0.958. The maximum absolute atomic E-state index is 10.2. The first-order chi connectivity index (χ1) is 5.29. The number of carbonyl (C=O) groups is 1. The Morgan fingerprint density at radius 3 is 3.18 bits per heavy atom. The number of rotatable bonds is 3. The Balaban J connectivity index is 2.40.